The van der Waals surface area contributed by atoms with Gasteiger partial charge in [0, 0.05) is 26.1 Å². The minimum absolute atomic E-state index is 0.0724. The summed E-state index contributed by atoms with van der Waals surface area (Å²) in [5, 5.41) is 2.92. The molecule has 5 nitrogen and oxygen atoms in total. The molecular formula is C19H30N2O3S. The number of rotatable bonds is 8. The Morgan fingerprint density at radius 2 is 1.80 bits per heavy atom. The van der Waals surface area contributed by atoms with Crippen LogP contribution in [-0.2, 0) is 21.4 Å². The Bertz CT molecular complexity index is 662. The van der Waals surface area contributed by atoms with Crippen LogP contribution in [0.1, 0.15) is 57.9 Å². The molecule has 1 fully saturated rings. The topological polar surface area (TPSA) is 66.5 Å². The standard InChI is InChI=1S/C19H30N2O3S/c1-15(2)21(3)25(23,24)18-11-8-17(9-12-18)14-20-19(22)13-10-16-6-4-5-7-16/h8-9,11-12,15-16H,4-7,10,13-14H2,1-3H3,(H,20,22). The minimum Gasteiger partial charge on any atom is -0.352 e. The van der Waals surface area contributed by atoms with E-state index < -0.39 is 10.0 Å². The summed E-state index contributed by atoms with van der Waals surface area (Å²) < 4.78 is 26.2. The van der Waals surface area contributed by atoms with E-state index in [0.717, 1.165) is 12.0 Å². The van der Waals surface area contributed by atoms with E-state index in [1.165, 1.54) is 30.0 Å². The highest BCUT2D eigenvalue weighted by Crippen LogP contribution is 2.28. The van der Waals surface area contributed by atoms with Crippen molar-refractivity contribution in [3.63, 3.8) is 0 Å². The molecule has 2 rings (SSSR count). The summed E-state index contributed by atoms with van der Waals surface area (Å²) in [7, 11) is -1.88. The molecule has 1 saturated carbocycles. The number of carbonyl (C=O) groups is 1. The number of nitrogens with one attached hydrogen (secondary N) is 1. The van der Waals surface area contributed by atoms with Gasteiger partial charge in [-0.05, 0) is 43.9 Å². The van der Waals surface area contributed by atoms with E-state index in [0.29, 0.717) is 18.9 Å². The molecule has 0 unspecified atom stereocenters. The summed E-state index contributed by atoms with van der Waals surface area (Å²) in [6.45, 7) is 4.11. The van der Waals surface area contributed by atoms with E-state index in [2.05, 4.69) is 5.32 Å². The van der Waals surface area contributed by atoms with Crippen molar-refractivity contribution in [1.82, 2.24) is 9.62 Å². The zero-order valence-corrected chi connectivity index (χ0v) is 16.3. The summed E-state index contributed by atoms with van der Waals surface area (Å²) in [5.41, 5.74) is 0.903. The Morgan fingerprint density at radius 3 is 2.36 bits per heavy atom. The quantitative estimate of drug-likeness (QED) is 0.767. The molecule has 1 amide bonds. The molecule has 1 N–H and O–H groups in total. The molecule has 140 valence electrons. The third-order valence-electron chi connectivity index (χ3n) is 5.07. The summed E-state index contributed by atoms with van der Waals surface area (Å²) >= 11 is 0. The predicted octanol–water partition coefficient (Wildman–Crippen LogP) is 3.30. The first-order chi connectivity index (χ1) is 11.8. The van der Waals surface area contributed by atoms with E-state index in [1.807, 2.05) is 13.8 Å². The van der Waals surface area contributed by atoms with Crippen LogP contribution < -0.4 is 5.32 Å². The molecule has 0 radical (unpaired) electrons. The minimum atomic E-state index is -3.46. The van der Waals surface area contributed by atoms with Crippen molar-refractivity contribution in [3.05, 3.63) is 29.8 Å². The largest absolute Gasteiger partial charge is 0.352 e. The Morgan fingerprint density at radius 1 is 1.20 bits per heavy atom. The fourth-order valence-corrected chi connectivity index (χ4v) is 4.51. The zero-order valence-electron chi connectivity index (χ0n) is 15.5. The first-order valence-corrected chi connectivity index (χ1v) is 10.6. The van der Waals surface area contributed by atoms with E-state index >= 15 is 0 Å². The van der Waals surface area contributed by atoms with Gasteiger partial charge in [-0.15, -0.1) is 0 Å². The maximum atomic E-state index is 12.4. The van der Waals surface area contributed by atoms with Crippen molar-refractivity contribution in [2.24, 2.45) is 5.92 Å². The third kappa shape index (κ3) is 5.54. The molecule has 1 aliphatic carbocycles. The van der Waals surface area contributed by atoms with Crippen LogP contribution in [0.15, 0.2) is 29.2 Å². The highest BCUT2D eigenvalue weighted by Gasteiger charge is 2.22. The number of amides is 1. The number of sulfonamides is 1. The monoisotopic (exact) mass is 366 g/mol. The second-order valence-electron chi connectivity index (χ2n) is 7.22. The number of nitrogens with zero attached hydrogens (tertiary/aromatic N) is 1. The van der Waals surface area contributed by atoms with Gasteiger partial charge in [-0.1, -0.05) is 37.8 Å². The summed E-state index contributed by atoms with van der Waals surface area (Å²) in [6, 6.07) is 6.64. The maximum absolute atomic E-state index is 12.4. The molecule has 0 atom stereocenters. The first kappa shape index (κ1) is 19.9. The van der Waals surface area contributed by atoms with Gasteiger partial charge in [0.05, 0.1) is 4.90 Å². The van der Waals surface area contributed by atoms with Crippen LogP contribution in [0.2, 0.25) is 0 Å². The molecule has 1 aliphatic rings. The van der Waals surface area contributed by atoms with Crippen molar-refractivity contribution >= 4 is 15.9 Å². The van der Waals surface area contributed by atoms with E-state index in [4.69, 9.17) is 0 Å². The van der Waals surface area contributed by atoms with Crippen molar-refractivity contribution < 1.29 is 13.2 Å². The lowest BCUT2D eigenvalue weighted by molar-refractivity contribution is -0.121. The van der Waals surface area contributed by atoms with Gasteiger partial charge >= 0.3 is 0 Å². The Kier molecular flexibility index (Phi) is 7.02. The summed E-state index contributed by atoms with van der Waals surface area (Å²) in [5.74, 6) is 0.788. The third-order valence-corrected chi connectivity index (χ3v) is 7.12. The van der Waals surface area contributed by atoms with E-state index in [-0.39, 0.29) is 16.8 Å². The second kappa shape index (κ2) is 8.81. The molecule has 6 heteroatoms. The molecule has 0 heterocycles. The number of hydrogen-bond acceptors (Lipinski definition) is 3. The van der Waals surface area contributed by atoms with Gasteiger partial charge in [-0.2, -0.15) is 4.31 Å². The van der Waals surface area contributed by atoms with Gasteiger partial charge in [0.15, 0.2) is 0 Å². The van der Waals surface area contributed by atoms with Crippen LogP contribution in [0.3, 0.4) is 0 Å². The van der Waals surface area contributed by atoms with E-state index in [1.54, 1.807) is 31.3 Å². The molecule has 0 bridgehead atoms. The van der Waals surface area contributed by atoms with Crippen LogP contribution >= 0.6 is 0 Å². The van der Waals surface area contributed by atoms with Crippen molar-refractivity contribution in [1.29, 1.82) is 0 Å². The predicted molar refractivity (Wildman–Crippen MR) is 99.6 cm³/mol. The number of benzene rings is 1. The summed E-state index contributed by atoms with van der Waals surface area (Å²) in [4.78, 5) is 12.2. The highest BCUT2D eigenvalue weighted by atomic mass is 32.2. The van der Waals surface area contributed by atoms with Crippen LogP contribution in [0, 0.1) is 5.92 Å². The van der Waals surface area contributed by atoms with Crippen molar-refractivity contribution in [2.75, 3.05) is 7.05 Å². The van der Waals surface area contributed by atoms with Crippen LogP contribution in [0.5, 0.6) is 0 Å². The van der Waals surface area contributed by atoms with Gasteiger partial charge in [-0.3, -0.25) is 4.79 Å². The van der Waals surface area contributed by atoms with Gasteiger partial charge < -0.3 is 5.32 Å². The smallest absolute Gasteiger partial charge is 0.243 e. The first-order valence-electron chi connectivity index (χ1n) is 9.14. The van der Waals surface area contributed by atoms with Crippen LogP contribution in [0.25, 0.3) is 0 Å². The molecule has 0 aromatic heterocycles. The van der Waals surface area contributed by atoms with Gasteiger partial charge in [-0.25, -0.2) is 8.42 Å². The lowest BCUT2D eigenvalue weighted by atomic mass is 10.0. The van der Waals surface area contributed by atoms with E-state index in [9.17, 15) is 13.2 Å². The summed E-state index contributed by atoms with van der Waals surface area (Å²) in [6.07, 6.45) is 6.67. The fourth-order valence-electron chi connectivity index (χ4n) is 3.15. The average Bonchev–Trinajstić information content (AvgIpc) is 3.11. The molecule has 1 aromatic carbocycles. The highest BCUT2D eigenvalue weighted by molar-refractivity contribution is 7.89. The molecule has 1 aromatic rings. The van der Waals surface area contributed by atoms with Crippen molar-refractivity contribution in [3.8, 4) is 0 Å². The van der Waals surface area contributed by atoms with Gasteiger partial charge in [0.1, 0.15) is 0 Å². The molecular weight excluding hydrogens is 336 g/mol. The van der Waals surface area contributed by atoms with Gasteiger partial charge in [0.25, 0.3) is 0 Å². The van der Waals surface area contributed by atoms with Gasteiger partial charge in [0.2, 0.25) is 15.9 Å². The van der Waals surface area contributed by atoms with Crippen molar-refractivity contribution in [2.45, 2.75) is 69.9 Å². The maximum Gasteiger partial charge on any atom is 0.243 e. The molecule has 25 heavy (non-hydrogen) atoms. The Balaban J connectivity index is 1.84. The Hall–Kier alpha value is -1.40. The van der Waals surface area contributed by atoms with Crippen LogP contribution in [0.4, 0.5) is 0 Å². The molecule has 0 aliphatic heterocycles. The van der Waals surface area contributed by atoms with Crippen LogP contribution in [-0.4, -0.2) is 31.7 Å². The zero-order chi connectivity index (χ0) is 18.4. The Labute approximate surface area is 151 Å². The lowest BCUT2D eigenvalue weighted by Gasteiger charge is -2.21. The number of carbonyl (C=O) groups excluding carboxylic acids is 1. The molecule has 0 spiro atoms. The average molecular weight is 367 g/mol. The lowest BCUT2D eigenvalue weighted by Crippen LogP contribution is -2.33. The fraction of sp³-hybridized carbons (Fsp3) is 0.632. The second-order valence-corrected chi connectivity index (χ2v) is 9.22. The normalized spacial score (nSPS) is 15.9. The molecule has 0 saturated heterocycles. The SMILES string of the molecule is CC(C)N(C)S(=O)(=O)c1ccc(CNC(=O)CCC2CCCC2)cc1. The number of hydrogen-bond donors (Lipinski definition) is 1.